The first-order valence-electron chi connectivity index (χ1n) is 6.71. The van der Waals surface area contributed by atoms with Gasteiger partial charge in [0.05, 0.1) is 0 Å². The van der Waals surface area contributed by atoms with Gasteiger partial charge in [-0.1, -0.05) is 18.5 Å². The third-order valence-corrected chi connectivity index (χ3v) is 3.27. The highest BCUT2D eigenvalue weighted by atomic mass is 35.5. The maximum atomic E-state index is 5.91. The Bertz CT molecular complexity index is 582. The molecule has 0 fully saturated rings. The van der Waals surface area contributed by atoms with Crippen molar-refractivity contribution in [1.82, 2.24) is 10.3 Å². The molecule has 2 aromatic rings. The zero-order valence-electron chi connectivity index (χ0n) is 12.0. The van der Waals surface area contributed by atoms with Crippen molar-refractivity contribution in [3.63, 3.8) is 0 Å². The first-order chi connectivity index (χ1) is 9.60. The molecule has 0 saturated carbocycles. The maximum Gasteiger partial charge on any atom is 0.224 e. The summed E-state index contributed by atoms with van der Waals surface area (Å²) in [5.74, 6) is 1.40. The fourth-order valence-electron chi connectivity index (χ4n) is 1.99. The highest BCUT2D eigenvalue weighted by Crippen LogP contribution is 2.27. The van der Waals surface area contributed by atoms with E-state index in [1.165, 1.54) is 5.56 Å². The number of aromatic nitrogens is 1. The van der Waals surface area contributed by atoms with E-state index in [4.69, 9.17) is 16.3 Å². The number of rotatable bonds is 5. The van der Waals surface area contributed by atoms with Gasteiger partial charge in [-0.2, -0.15) is 0 Å². The molecule has 1 aromatic carbocycles. The predicted octanol–water partition coefficient (Wildman–Crippen LogP) is 4.25. The monoisotopic (exact) mass is 290 g/mol. The molecule has 20 heavy (non-hydrogen) atoms. The average molecular weight is 291 g/mol. The summed E-state index contributed by atoms with van der Waals surface area (Å²) in [4.78, 5) is 4.51. The Balaban J connectivity index is 2.31. The molecule has 3 nitrogen and oxygen atoms in total. The van der Waals surface area contributed by atoms with Gasteiger partial charge in [0.2, 0.25) is 5.88 Å². The van der Waals surface area contributed by atoms with Crippen LogP contribution in [0.15, 0.2) is 30.3 Å². The number of hydrogen-bond donors (Lipinski definition) is 1. The number of nitrogens with one attached hydrogen (secondary N) is 1. The molecule has 0 aliphatic heterocycles. The summed E-state index contributed by atoms with van der Waals surface area (Å²) in [5.41, 5.74) is 3.22. The number of aryl methyl sites for hydroxylation is 2. The Kier molecular flexibility index (Phi) is 4.99. The van der Waals surface area contributed by atoms with Crippen LogP contribution in [0.2, 0.25) is 5.02 Å². The molecule has 0 aliphatic rings. The molecule has 0 spiro atoms. The summed E-state index contributed by atoms with van der Waals surface area (Å²) in [7, 11) is 0. The van der Waals surface area contributed by atoms with Crippen LogP contribution in [-0.2, 0) is 6.54 Å². The van der Waals surface area contributed by atoms with Gasteiger partial charge in [-0.05, 0) is 56.3 Å². The highest BCUT2D eigenvalue weighted by Gasteiger charge is 2.11. The fourth-order valence-corrected chi connectivity index (χ4v) is 2.12. The van der Waals surface area contributed by atoms with E-state index in [0.29, 0.717) is 10.9 Å². The summed E-state index contributed by atoms with van der Waals surface area (Å²) >= 11 is 5.88. The SMILES string of the molecule is CCNCc1c(C)cc(C)nc1Oc1ccc(Cl)cc1. The minimum Gasteiger partial charge on any atom is -0.439 e. The van der Waals surface area contributed by atoms with Gasteiger partial charge in [-0.3, -0.25) is 0 Å². The van der Waals surface area contributed by atoms with Crippen molar-refractivity contribution in [3.8, 4) is 11.6 Å². The molecule has 1 heterocycles. The van der Waals surface area contributed by atoms with Gasteiger partial charge in [0.25, 0.3) is 0 Å². The number of hydrogen-bond acceptors (Lipinski definition) is 3. The zero-order chi connectivity index (χ0) is 14.5. The lowest BCUT2D eigenvalue weighted by atomic mass is 10.1. The fraction of sp³-hybridized carbons (Fsp3) is 0.312. The van der Waals surface area contributed by atoms with Crippen LogP contribution >= 0.6 is 11.6 Å². The van der Waals surface area contributed by atoms with Crippen molar-refractivity contribution < 1.29 is 4.74 Å². The molecule has 1 aromatic heterocycles. The second-order valence-electron chi connectivity index (χ2n) is 4.70. The molecule has 1 N–H and O–H groups in total. The van der Waals surface area contributed by atoms with Crippen molar-refractivity contribution in [2.24, 2.45) is 0 Å². The van der Waals surface area contributed by atoms with Crippen molar-refractivity contribution in [2.75, 3.05) is 6.54 Å². The molecule has 0 unspecified atom stereocenters. The molecule has 4 heteroatoms. The standard InChI is InChI=1S/C16H19ClN2O/c1-4-18-10-15-11(2)9-12(3)19-16(15)20-14-7-5-13(17)6-8-14/h5-9,18H,4,10H2,1-3H3. The lowest BCUT2D eigenvalue weighted by Crippen LogP contribution is -2.14. The molecule has 0 amide bonds. The molecule has 106 valence electrons. The van der Waals surface area contributed by atoms with Gasteiger partial charge in [-0.15, -0.1) is 0 Å². The Morgan fingerprint density at radius 3 is 2.55 bits per heavy atom. The molecule has 0 saturated heterocycles. The number of benzene rings is 1. The molecular weight excluding hydrogens is 272 g/mol. The van der Waals surface area contributed by atoms with E-state index < -0.39 is 0 Å². The molecule has 0 bridgehead atoms. The Morgan fingerprint density at radius 2 is 1.90 bits per heavy atom. The minimum atomic E-state index is 0.658. The first-order valence-corrected chi connectivity index (χ1v) is 7.09. The van der Waals surface area contributed by atoms with Gasteiger partial charge in [0, 0.05) is 22.8 Å². The van der Waals surface area contributed by atoms with Crippen molar-refractivity contribution >= 4 is 11.6 Å². The van der Waals surface area contributed by atoms with E-state index in [9.17, 15) is 0 Å². The van der Waals surface area contributed by atoms with Crippen LogP contribution in [-0.4, -0.2) is 11.5 Å². The quantitative estimate of drug-likeness (QED) is 0.894. The van der Waals surface area contributed by atoms with Gasteiger partial charge in [-0.25, -0.2) is 4.98 Å². The lowest BCUT2D eigenvalue weighted by Gasteiger charge is -2.14. The van der Waals surface area contributed by atoms with Crippen LogP contribution in [0.5, 0.6) is 11.6 Å². The Labute approximate surface area is 124 Å². The summed E-state index contributed by atoms with van der Waals surface area (Å²) in [6.07, 6.45) is 0. The van der Waals surface area contributed by atoms with Crippen LogP contribution in [0.1, 0.15) is 23.7 Å². The van der Waals surface area contributed by atoms with Gasteiger partial charge in [0.15, 0.2) is 0 Å². The van der Waals surface area contributed by atoms with E-state index in [1.54, 1.807) is 0 Å². The summed E-state index contributed by atoms with van der Waals surface area (Å²) in [5, 5.41) is 4.01. The number of halogens is 1. The predicted molar refractivity (Wildman–Crippen MR) is 82.6 cm³/mol. The molecule has 0 aliphatic carbocycles. The van der Waals surface area contributed by atoms with Crippen molar-refractivity contribution in [1.29, 1.82) is 0 Å². The van der Waals surface area contributed by atoms with E-state index >= 15 is 0 Å². The van der Waals surface area contributed by atoms with Gasteiger partial charge in [0.1, 0.15) is 5.75 Å². The number of ether oxygens (including phenoxy) is 1. The zero-order valence-corrected chi connectivity index (χ0v) is 12.8. The van der Waals surface area contributed by atoms with E-state index in [-0.39, 0.29) is 0 Å². The first kappa shape index (κ1) is 14.8. The van der Waals surface area contributed by atoms with Crippen LogP contribution in [0.3, 0.4) is 0 Å². The Hall–Kier alpha value is -1.58. The maximum absolute atomic E-state index is 5.91. The highest BCUT2D eigenvalue weighted by molar-refractivity contribution is 6.30. The van der Waals surface area contributed by atoms with Gasteiger partial charge >= 0.3 is 0 Å². The summed E-state index contributed by atoms with van der Waals surface area (Å²) in [6.45, 7) is 7.79. The lowest BCUT2D eigenvalue weighted by molar-refractivity contribution is 0.451. The molecular formula is C16H19ClN2O. The van der Waals surface area contributed by atoms with Crippen LogP contribution < -0.4 is 10.1 Å². The third kappa shape index (κ3) is 3.71. The topological polar surface area (TPSA) is 34.2 Å². The number of nitrogens with zero attached hydrogens (tertiary/aromatic N) is 1. The van der Waals surface area contributed by atoms with Crippen molar-refractivity contribution in [3.05, 3.63) is 52.2 Å². The largest absolute Gasteiger partial charge is 0.439 e. The van der Waals surface area contributed by atoms with E-state index in [1.807, 2.05) is 31.2 Å². The second-order valence-corrected chi connectivity index (χ2v) is 5.14. The smallest absolute Gasteiger partial charge is 0.224 e. The summed E-state index contributed by atoms with van der Waals surface area (Å²) < 4.78 is 5.91. The summed E-state index contributed by atoms with van der Waals surface area (Å²) in [6, 6.07) is 9.38. The van der Waals surface area contributed by atoms with Crippen LogP contribution in [0.25, 0.3) is 0 Å². The van der Waals surface area contributed by atoms with Gasteiger partial charge < -0.3 is 10.1 Å². The van der Waals surface area contributed by atoms with Crippen LogP contribution in [0, 0.1) is 13.8 Å². The van der Waals surface area contributed by atoms with E-state index in [0.717, 1.165) is 30.1 Å². The van der Waals surface area contributed by atoms with Crippen LogP contribution in [0.4, 0.5) is 0 Å². The minimum absolute atomic E-state index is 0.658. The van der Waals surface area contributed by atoms with Crippen molar-refractivity contribution in [2.45, 2.75) is 27.3 Å². The molecule has 0 radical (unpaired) electrons. The third-order valence-electron chi connectivity index (χ3n) is 3.02. The molecule has 0 atom stereocenters. The normalized spacial score (nSPS) is 10.6. The second kappa shape index (κ2) is 6.73. The average Bonchev–Trinajstić information content (AvgIpc) is 2.40. The molecule has 2 rings (SSSR count). The van der Waals surface area contributed by atoms with E-state index in [2.05, 4.69) is 30.2 Å². The Morgan fingerprint density at radius 1 is 1.20 bits per heavy atom. The number of pyridine rings is 1.